The molecule has 3 rings (SSSR count). The van der Waals surface area contributed by atoms with Crippen LogP contribution in [-0.4, -0.2) is 40.2 Å². The lowest BCUT2D eigenvalue weighted by Crippen LogP contribution is -2.34. The first-order valence-electron chi connectivity index (χ1n) is 13.6. The van der Waals surface area contributed by atoms with Crippen molar-refractivity contribution in [1.29, 1.82) is 0 Å². The van der Waals surface area contributed by atoms with Crippen LogP contribution in [0.2, 0.25) is 5.02 Å². The van der Waals surface area contributed by atoms with Gasteiger partial charge in [0.15, 0.2) is 0 Å². The van der Waals surface area contributed by atoms with E-state index in [0.29, 0.717) is 24.7 Å². The lowest BCUT2D eigenvalue weighted by Gasteiger charge is -2.23. The molecule has 0 aliphatic carbocycles. The summed E-state index contributed by atoms with van der Waals surface area (Å²) in [6.07, 6.45) is 7.15. The molecule has 3 aromatic carbocycles. The summed E-state index contributed by atoms with van der Waals surface area (Å²) < 4.78 is 12.5. The summed E-state index contributed by atoms with van der Waals surface area (Å²) in [5.74, 6) is 1.77. The first-order chi connectivity index (χ1) is 18.3. The van der Waals surface area contributed by atoms with E-state index in [1.165, 1.54) is 18.5 Å². The smallest absolute Gasteiger partial charge is 0.224 e. The monoisotopic (exact) mass is 537 g/mol. The Morgan fingerprint density at radius 1 is 0.763 bits per heavy atom. The Bertz CT molecular complexity index is 1110. The minimum atomic E-state index is 0.0980. The molecule has 0 unspecified atom stereocenters. The topological polar surface area (TPSA) is 47.6 Å². The first kappa shape index (κ1) is 29.5. The Labute approximate surface area is 233 Å². The molecule has 5 nitrogen and oxygen atoms in total. The number of unbranched alkanes of at least 4 members (excludes halogenated alkanes) is 5. The van der Waals surface area contributed by atoms with Gasteiger partial charge < -0.3 is 14.8 Å². The number of nitrogens with one attached hydrogen (secondary N) is 1. The number of quaternary nitrogens is 1. The van der Waals surface area contributed by atoms with Crippen molar-refractivity contribution in [2.75, 3.05) is 34.3 Å². The van der Waals surface area contributed by atoms with E-state index in [4.69, 9.17) is 21.1 Å². The number of rotatable bonds is 16. The van der Waals surface area contributed by atoms with Crippen LogP contribution < -0.4 is 19.3 Å². The quantitative estimate of drug-likeness (QED) is 0.155. The largest absolute Gasteiger partial charge is 0.494 e. The van der Waals surface area contributed by atoms with Gasteiger partial charge in [0.25, 0.3) is 0 Å². The first-order valence-corrected chi connectivity index (χ1v) is 14.0. The number of hydrogen-bond donors (Lipinski definition) is 1. The molecular weight excluding hydrogens is 496 g/mol. The van der Waals surface area contributed by atoms with Gasteiger partial charge in [-0.1, -0.05) is 61.5 Å². The van der Waals surface area contributed by atoms with Gasteiger partial charge in [-0.05, 0) is 72.5 Å². The van der Waals surface area contributed by atoms with Gasteiger partial charge in [-0.3, -0.25) is 9.28 Å². The Hall–Kier alpha value is -3.02. The second kappa shape index (κ2) is 15.4. The minimum absolute atomic E-state index is 0.0980. The number of ether oxygens (including phenoxy) is 2. The number of amides is 1. The molecule has 0 atom stereocenters. The van der Waals surface area contributed by atoms with Crippen LogP contribution in [0.15, 0.2) is 72.8 Å². The number of benzene rings is 3. The summed E-state index contributed by atoms with van der Waals surface area (Å²) in [4.78, 5) is 12.2. The van der Waals surface area contributed by atoms with Gasteiger partial charge in [-0.25, -0.2) is 0 Å². The molecule has 0 heterocycles. The SMILES string of the molecule is C[N+](C)(C)c1ccc(CC(=O)NCCCCCCCCOc2ccc(OCc3cccc(Cl)c3)cc2)cc1. The molecule has 1 amide bonds. The molecule has 204 valence electrons. The standard InChI is InChI=1S/C32H41ClN2O3/c1-35(2,3)29-15-13-26(14-16-29)24-32(36)34-21-8-6-4-5-7-9-22-37-30-17-19-31(20-18-30)38-25-27-11-10-12-28(33)23-27/h10-20,23H,4-9,21-22,24-25H2,1-3H3/p+1. The van der Waals surface area contributed by atoms with Crippen LogP contribution in [0.3, 0.4) is 0 Å². The predicted octanol–water partition coefficient (Wildman–Crippen LogP) is 7.19. The van der Waals surface area contributed by atoms with E-state index in [1.807, 2.05) is 48.5 Å². The van der Waals surface area contributed by atoms with Crippen LogP contribution in [0.4, 0.5) is 5.69 Å². The average Bonchev–Trinajstić information content (AvgIpc) is 2.89. The molecule has 0 bridgehead atoms. The van der Waals surface area contributed by atoms with Crippen molar-refractivity contribution in [2.24, 2.45) is 0 Å². The molecule has 0 spiro atoms. The van der Waals surface area contributed by atoms with Crippen molar-refractivity contribution in [3.05, 3.63) is 88.9 Å². The number of nitrogens with zero attached hydrogens (tertiary/aromatic N) is 1. The summed E-state index contributed by atoms with van der Waals surface area (Å²) in [5, 5.41) is 3.77. The van der Waals surface area contributed by atoms with Crippen molar-refractivity contribution in [2.45, 2.75) is 51.6 Å². The fourth-order valence-corrected chi connectivity index (χ4v) is 4.30. The normalized spacial score (nSPS) is 11.3. The minimum Gasteiger partial charge on any atom is -0.494 e. The number of carbonyl (C=O) groups excluding carboxylic acids is 1. The Morgan fingerprint density at radius 2 is 1.39 bits per heavy atom. The van der Waals surface area contributed by atoms with Crippen molar-refractivity contribution in [3.63, 3.8) is 0 Å². The summed E-state index contributed by atoms with van der Waals surface area (Å²) in [6, 6.07) is 23.7. The molecule has 0 aliphatic heterocycles. The van der Waals surface area contributed by atoms with E-state index in [2.05, 4.69) is 50.7 Å². The van der Waals surface area contributed by atoms with Gasteiger partial charge in [-0.2, -0.15) is 0 Å². The van der Waals surface area contributed by atoms with Crippen molar-refractivity contribution in [1.82, 2.24) is 9.80 Å². The summed E-state index contributed by atoms with van der Waals surface area (Å²) in [7, 11) is 6.41. The number of hydrogen-bond acceptors (Lipinski definition) is 3. The molecule has 38 heavy (non-hydrogen) atoms. The van der Waals surface area contributed by atoms with Crippen molar-refractivity contribution in [3.8, 4) is 11.5 Å². The van der Waals surface area contributed by atoms with E-state index in [-0.39, 0.29) is 5.91 Å². The number of carbonyl (C=O) groups is 1. The third-order valence-electron chi connectivity index (χ3n) is 6.36. The van der Waals surface area contributed by atoms with Gasteiger partial charge in [0, 0.05) is 11.6 Å². The predicted molar refractivity (Wildman–Crippen MR) is 158 cm³/mol. The van der Waals surface area contributed by atoms with Gasteiger partial charge in [0.05, 0.1) is 34.2 Å². The van der Waals surface area contributed by atoms with Crippen molar-refractivity contribution >= 4 is 23.2 Å². The van der Waals surface area contributed by atoms with Crippen LogP contribution in [0.5, 0.6) is 11.5 Å². The lowest BCUT2D eigenvalue weighted by atomic mass is 10.1. The molecule has 1 N–H and O–H groups in total. The third-order valence-corrected chi connectivity index (χ3v) is 6.59. The highest BCUT2D eigenvalue weighted by Gasteiger charge is 2.12. The maximum absolute atomic E-state index is 12.2. The van der Waals surface area contributed by atoms with Crippen LogP contribution in [-0.2, 0) is 17.8 Å². The second-order valence-corrected chi connectivity index (χ2v) is 11.0. The Morgan fingerprint density at radius 3 is 2.05 bits per heavy atom. The lowest BCUT2D eigenvalue weighted by molar-refractivity contribution is -0.120. The Balaban J connectivity index is 1.17. The molecular formula is C32H42ClN2O3+. The highest BCUT2D eigenvalue weighted by molar-refractivity contribution is 6.30. The average molecular weight is 538 g/mol. The molecule has 0 saturated carbocycles. The molecule has 0 fully saturated rings. The molecule has 0 aromatic heterocycles. The van der Waals surface area contributed by atoms with Crippen molar-refractivity contribution < 1.29 is 14.3 Å². The van der Waals surface area contributed by atoms with E-state index in [0.717, 1.165) is 59.3 Å². The molecule has 3 aromatic rings. The molecule has 0 radical (unpaired) electrons. The summed E-state index contributed by atoms with van der Waals surface area (Å²) in [6.45, 7) is 1.95. The zero-order valence-electron chi connectivity index (χ0n) is 23.0. The van der Waals surface area contributed by atoms with Crippen LogP contribution >= 0.6 is 11.6 Å². The van der Waals surface area contributed by atoms with E-state index in [9.17, 15) is 4.79 Å². The van der Waals surface area contributed by atoms with E-state index < -0.39 is 0 Å². The fraction of sp³-hybridized carbons (Fsp3) is 0.406. The van der Waals surface area contributed by atoms with Crippen LogP contribution in [0.25, 0.3) is 0 Å². The molecule has 6 heteroatoms. The van der Waals surface area contributed by atoms with Gasteiger partial charge in [0.1, 0.15) is 23.8 Å². The van der Waals surface area contributed by atoms with E-state index in [1.54, 1.807) is 0 Å². The molecule has 0 aliphatic rings. The highest BCUT2D eigenvalue weighted by Crippen LogP contribution is 2.20. The summed E-state index contributed by atoms with van der Waals surface area (Å²) >= 11 is 6.02. The highest BCUT2D eigenvalue weighted by atomic mass is 35.5. The van der Waals surface area contributed by atoms with E-state index >= 15 is 0 Å². The zero-order valence-corrected chi connectivity index (χ0v) is 23.8. The van der Waals surface area contributed by atoms with Gasteiger partial charge in [0.2, 0.25) is 5.91 Å². The maximum Gasteiger partial charge on any atom is 0.224 e. The fourth-order valence-electron chi connectivity index (χ4n) is 4.09. The van der Waals surface area contributed by atoms with Crippen LogP contribution in [0, 0.1) is 0 Å². The maximum atomic E-state index is 12.2. The second-order valence-electron chi connectivity index (χ2n) is 10.6. The van der Waals surface area contributed by atoms with Crippen LogP contribution in [0.1, 0.15) is 49.7 Å². The number of halogens is 1. The van der Waals surface area contributed by atoms with Gasteiger partial charge >= 0.3 is 0 Å². The van der Waals surface area contributed by atoms with Gasteiger partial charge in [-0.15, -0.1) is 0 Å². The molecule has 0 saturated heterocycles. The third kappa shape index (κ3) is 11.2. The zero-order chi connectivity index (χ0) is 27.2. The Kier molecular flexibility index (Phi) is 12.0. The summed E-state index contributed by atoms with van der Waals surface area (Å²) in [5.41, 5.74) is 3.33.